The third-order valence-corrected chi connectivity index (χ3v) is 4.45. The first kappa shape index (κ1) is 14.3. The molecule has 0 amide bonds. The second kappa shape index (κ2) is 5.65. The van der Waals surface area contributed by atoms with Crippen molar-refractivity contribution in [2.24, 2.45) is 0 Å². The van der Waals surface area contributed by atoms with Crippen LogP contribution in [-0.2, 0) is 0 Å². The van der Waals surface area contributed by atoms with Crippen LogP contribution in [0.15, 0.2) is 30.3 Å². The number of methoxy groups -OCH3 is 2. The molecule has 0 saturated carbocycles. The van der Waals surface area contributed by atoms with Crippen LogP contribution in [-0.4, -0.2) is 25.5 Å². The maximum absolute atomic E-state index is 11.0. The van der Waals surface area contributed by atoms with E-state index in [-0.39, 0.29) is 0 Å². The molecular formula is C16H14N2O3S. The summed E-state index contributed by atoms with van der Waals surface area (Å²) in [6.07, 6.45) is 0.762. The van der Waals surface area contributed by atoms with Gasteiger partial charge in [-0.05, 0) is 30.3 Å². The van der Waals surface area contributed by atoms with Crippen LogP contribution in [0.5, 0.6) is 11.5 Å². The van der Waals surface area contributed by atoms with Gasteiger partial charge < -0.3 is 15.2 Å². The van der Waals surface area contributed by atoms with Crippen LogP contribution in [0.1, 0.15) is 9.67 Å². The third kappa shape index (κ3) is 2.27. The number of nitrogens with two attached hydrogens (primary N) is 1. The predicted molar refractivity (Wildman–Crippen MR) is 88.0 cm³/mol. The summed E-state index contributed by atoms with van der Waals surface area (Å²) in [6, 6.07) is 9.37. The maximum Gasteiger partial charge on any atom is 0.162 e. The van der Waals surface area contributed by atoms with E-state index in [1.165, 1.54) is 11.3 Å². The molecule has 2 aromatic heterocycles. The second-order valence-corrected chi connectivity index (χ2v) is 5.65. The van der Waals surface area contributed by atoms with Gasteiger partial charge in [0.2, 0.25) is 0 Å². The highest BCUT2D eigenvalue weighted by Gasteiger charge is 2.12. The number of nitrogen functional groups attached to an aromatic ring is 1. The lowest BCUT2D eigenvalue weighted by Crippen LogP contribution is -1.92. The van der Waals surface area contributed by atoms with Crippen molar-refractivity contribution in [1.82, 2.24) is 4.98 Å². The lowest BCUT2D eigenvalue weighted by Gasteiger charge is -2.09. The molecular weight excluding hydrogens is 300 g/mol. The van der Waals surface area contributed by atoms with Gasteiger partial charge in [-0.3, -0.25) is 4.79 Å². The molecule has 0 aliphatic rings. The van der Waals surface area contributed by atoms with Crippen LogP contribution in [0.3, 0.4) is 0 Å². The zero-order valence-corrected chi connectivity index (χ0v) is 12.9. The molecule has 5 nitrogen and oxygen atoms in total. The normalized spacial score (nSPS) is 10.6. The summed E-state index contributed by atoms with van der Waals surface area (Å²) in [5.74, 6) is 1.30. The zero-order chi connectivity index (χ0) is 15.7. The molecule has 2 heterocycles. The number of hydrogen-bond acceptors (Lipinski definition) is 6. The van der Waals surface area contributed by atoms with E-state index in [4.69, 9.17) is 15.2 Å². The first-order valence-electron chi connectivity index (χ1n) is 6.54. The van der Waals surface area contributed by atoms with Crippen LogP contribution < -0.4 is 15.2 Å². The van der Waals surface area contributed by atoms with Gasteiger partial charge >= 0.3 is 0 Å². The zero-order valence-electron chi connectivity index (χ0n) is 12.1. The second-order valence-electron chi connectivity index (χ2n) is 4.62. The van der Waals surface area contributed by atoms with Crippen LogP contribution >= 0.6 is 11.3 Å². The highest BCUT2D eigenvalue weighted by molar-refractivity contribution is 7.20. The third-order valence-electron chi connectivity index (χ3n) is 3.41. The van der Waals surface area contributed by atoms with Crippen molar-refractivity contribution in [3.63, 3.8) is 0 Å². The van der Waals surface area contributed by atoms with Gasteiger partial charge in [-0.1, -0.05) is 0 Å². The molecule has 3 aromatic rings. The van der Waals surface area contributed by atoms with E-state index in [1.807, 2.05) is 30.3 Å². The van der Waals surface area contributed by atoms with E-state index in [0.717, 1.165) is 27.8 Å². The average molecular weight is 314 g/mol. The van der Waals surface area contributed by atoms with Crippen molar-refractivity contribution in [1.29, 1.82) is 0 Å². The number of aromatic nitrogens is 1. The molecule has 6 heteroatoms. The van der Waals surface area contributed by atoms with Crippen molar-refractivity contribution in [2.75, 3.05) is 20.0 Å². The molecule has 0 unspecified atom stereocenters. The number of anilines is 1. The quantitative estimate of drug-likeness (QED) is 0.747. The molecule has 0 bridgehead atoms. The fourth-order valence-corrected chi connectivity index (χ4v) is 3.17. The molecule has 112 valence electrons. The molecule has 3 rings (SSSR count). The minimum absolute atomic E-state index is 0.487. The number of aldehydes is 1. The number of ether oxygens (including phenoxy) is 2. The molecule has 0 spiro atoms. The predicted octanol–water partition coefficient (Wildman–Crippen LogP) is 3.38. The fraction of sp³-hybridized carbons (Fsp3) is 0.125. The largest absolute Gasteiger partial charge is 0.493 e. The summed E-state index contributed by atoms with van der Waals surface area (Å²) in [5.41, 5.74) is 8.10. The lowest BCUT2D eigenvalue weighted by molar-refractivity contribution is 0.112. The van der Waals surface area contributed by atoms with Crippen LogP contribution in [0.4, 0.5) is 5.69 Å². The Bertz CT molecular complexity index is 858. The number of pyridine rings is 1. The Labute approximate surface area is 131 Å². The fourth-order valence-electron chi connectivity index (χ4n) is 2.26. The minimum Gasteiger partial charge on any atom is -0.493 e. The highest BCUT2D eigenvalue weighted by Crippen LogP contribution is 2.35. The highest BCUT2D eigenvalue weighted by atomic mass is 32.1. The molecule has 0 atom stereocenters. The van der Waals surface area contributed by atoms with Crippen LogP contribution in [0.2, 0.25) is 0 Å². The van der Waals surface area contributed by atoms with Gasteiger partial charge in [0, 0.05) is 10.9 Å². The minimum atomic E-state index is 0.487. The van der Waals surface area contributed by atoms with Gasteiger partial charge in [0.1, 0.15) is 4.83 Å². The molecule has 22 heavy (non-hydrogen) atoms. The summed E-state index contributed by atoms with van der Waals surface area (Å²) in [4.78, 5) is 16.8. The van der Waals surface area contributed by atoms with Gasteiger partial charge in [0.05, 0.1) is 30.5 Å². The molecule has 0 radical (unpaired) electrons. The van der Waals surface area contributed by atoms with E-state index in [0.29, 0.717) is 22.1 Å². The van der Waals surface area contributed by atoms with Gasteiger partial charge in [0.15, 0.2) is 17.8 Å². The van der Waals surface area contributed by atoms with Gasteiger partial charge in [-0.25, -0.2) is 4.98 Å². The van der Waals surface area contributed by atoms with Gasteiger partial charge in [-0.2, -0.15) is 0 Å². The Balaban J connectivity index is 2.12. The van der Waals surface area contributed by atoms with Crippen LogP contribution in [0.25, 0.3) is 21.5 Å². The Morgan fingerprint density at radius 3 is 2.59 bits per heavy atom. The van der Waals surface area contributed by atoms with Crippen molar-refractivity contribution in [3.8, 4) is 22.8 Å². The van der Waals surface area contributed by atoms with Crippen molar-refractivity contribution >= 4 is 33.5 Å². The molecule has 0 saturated heterocycles. The van der Waals surface area contributed by atoms with E-state index in [1.54, 1.807) is 14.2 Å². The first-order chi connectivity index (χ1) is 10.7. The summed E-state index contributed by atoms with van der Waals surface area (Å²) >= 11 is 1.29. The number of fused-ring (bicyclic) bond motifs is 1. The smallest absolute Gasteiger partial charge is 0.162 e. The summed E-state index contributed by atoms with van der Waals surface area (Å²) in [7, 11) is 3.19. The number of benzene rings is 1. The Kier molecular flexibility index (Phi) is 3.68. The first-order valence-corrected chi connectivity index (χ1v) is 7.36. The molecule has 2 N–H and O–H groups in total. The van der Waals surface area contributed by atoms with E-state index in [9.17, 15) is 4.79 Å². The summed E-state index contributed by atoms with van der Waals surface area (Å²) in [6.45, 7) is 0. The van der Waals surface area contributed by atoms with E-state index < -0.39 is 0 Å². The molecule has 1 aromatic carbocycles. The van der Waals surface area contributed by atoms with Gasteiger partial charge in [-0.15, -0.1) is 11.3 Å². The Morgan fingerprint density at radius 2 is 1.91 bits per heavy atom. The van der Waals surface area contributed by atoms with Crippen molar-refractivity contribution < 1.29 is 14.3 Å². The SMILES string of the molecule is COc1ccc(-c2ccc3c(N)c(C=O)sc3n2)cc1OC. The number of carbonyl (C=O) groups is 1. The standard InChI is InChI=1S/C16H14N2O3S/c1-20-12-6-3-9(7-13(12)21-2)11-5-4-10-15(17)14(8-19)22-16(10)18-11/h3-8H,17H2,1-2H3. The Morgan fingerprint density at radius 1 is 1.14 bits per heavy atom. The Hall–Kier alpha value is -2.60. The van der Waals surface area contributed by atoms with E-state index in [2.05, 4.69) is 4.98 Å². The summed E-state index contributed by atoms with van der Waals surface area (Å²) in [5, 5.41) is 0.802. The lowest BCUT2D eigenvalue weighted by atomic mass is 10.1. The van der Waals surface area contributed by atoms with Crippen molar-refractivity contribution in [2.45, 2.75) is 0 Å². The number of hydrogen-bond donors (Lipinski definition) is 1. The summed E-state index contributed by atoms with van der Waals surface area (Å²) < 4.78 is 10.5. The molecule has 0 aliphatic carbocycles. The topological polar surface area (TPSA) is 74.4 Å². The van der Waals surface area contributed by atoms with Gasteiger partial charge in [0.25, 0.3) is 0 Å². The van der Waals surface area contributed by atoms with Crippen molar-refractivity contribution in [3.05, 3.63) is 35.2 Å². The van der Waals surface area contributed by atoms with E-state index >= 15 is 0 Å². The maximum atomic E-state index is 11.0. The molecule has 0 aliphatic heterocycles. The number of rotatable bonds is 4. The molecule has 0 fully saturated rings. The number of nitrogens with zero attached hydrogens (tertiary/aromatic N) is 1. The average Bonchev–Trinajstić information content (AvgIpc) is 2.89. The number of thiophene rings is 1. The van der Waals surface area contributed by atoms with Crippen LogP contribution in [0, 0.1) is 0 Å². The monoisotopic (exact) mass is 314 g/mol. The number of carbonyl (C=O) groups excluding carboxylic acids is 1.